The van der Waals surface area contributed by atoms with Crippen LogP contribution in [0.3, 0.4) is 0 Å². The lowest BCUT2D eigenvalue weighted by Crippen LogP contribution is -1.79. The van der Waals surface area contributed by atoms with Gasteiger partial charge in [-0.15, -0.1) is 0 Å². The molecule has 0 aliphatic carbocycles. The fourth-order valence-electron chi connectivity index (χ4n) is 2.28. The van der Waals surface area contributed by atoms with E-state index in [0.29, 0.717) is 23.0 Å². The molecule has 0 amide bonds. The van der Waals surface area contributed by atoms with Crippen molar-refractivity contribution in [1.29, 1.82) is 5.26 Å². The van der Waals surface area contributed by atoms with Gasteiger partial charge in [0.2, 0.25) is 5.88 Å². The monoisotopic (exact) mass is 382 g/mol. The van der Waals surface area contributed by atoms with E-state index < -0.39 is 0 Å². The smallest absolute Gasteiger partial charge is 0.237 e. The molecular formula is C19H15BrN2O2. The maximum atomic E-state index is 9.20. The van der Waals surface area contributed by atoms with Crippen LogP contribution in [0.4, 0.5) is 5.88 Å². The van der Waals surface area contributed by atoms with E-state index in [4.69, 9.17) is 8.83 Å². The quantitative estimate of drug-likeness (QED) is 0.533. The lowest BCUT2D eigenvalue weighted by molar-refractivity contribution is 0.540. The highest BCUT2D eigenvalue weighted by molar-refractivity contribution is 9.10. The predicted molar refractivity (Wildman–Crippen MR) is 96.7 cm³/mol. The van der Waals surface area contributed by atoms with Crippen LogP contribution < -0.4 is 0 Å². The normalized spacial score (nSPS) is 11.1. The number of hydrogen-bond acceptors (Lipinski definition) is 4. The molecule has 3 rings (SSSR count). The number of furan rings is 2. The third-order valence-electron chi connectivity index (χ3n) is 3.87. The van der Waals surface area contributed by atoms with Gasteiger partial charge in [-0.25, -0.2) is 4.99 Å². The second-order valence-corrected chi connectivity index (χ2v) is 6.35. The molecule has 120 valence electrons. The van der Waals surface area contributed by atoms with Gasteiger partial charge in [0, 0.05) is 15.6 Å². The summed E-state index contributed by atoms with van der Waals surface area (Å²) < 4.78 is 12.3. The highest BCUT2D eigenvalue weighted by Crippen LogP contribution is 2.29. The highest BCUT2D eigenvalue weighted by Gasteiger charge is 2.13. The first kappa shape index (κ1) is 16.3. The third kappa shape index (κ3) is 3.06. The topological polar surface area (TPSA) is 62.4 Å². The lowest BCUT2D eigenvalue weighted by Gasteiger charge is -2.01. The molecule has 0 bridgehead atoms. The summed E-state index contributed by atoms with van der Waals surface area (Å²) in [5.74, 6) is 2.36. The summed E-state index contributed by atoms with van der Waals surface area (Å²) in [6.45, 7) is 5.69. The van der Waals surface area contributed by atoms with E-state index in [1.807, 2.05) is 51.1 Å². The molecule has 1 aromatic carbocycles. The Morgan fingerprint density at radius 1 is 1.12 bits per heavy atom. The van der Waals surface area contributed by atoms with Gasteiger partial charge in [-0.2, -0.15) is 5.26 Å². The van der Waals surface area contributed by atoms with Gasteiger partial charge in [-0.3, -0.25) is 0 Å². The minimum Gasteiger partial charge on any atom is -0.455 e. The van der Waals surface area contributed by atoms with Crippen molar-refractivity contribution in [2.75, 3.05) is 0 Å². The summed E-state index contributed by atoms with van der Waals surface area (Å²) >= 11 is 3.53. The van der Waals surface area contributed by atoms with E-state index in [9.17, 15) is 5.26 Å². The molecule has 0 radical (unpaired) electrons. The van der Waals surface area contributed by atoms with Crippen LogP contribution in [0.1, 0.15) is 28.2 Å². The van der Waals surface area contributed by atoms with Crippen LogP contribution in [0.15, 0.2) is 48.6 Å². The molecule has 24 heavy (non-hydrogen) atoms. The molecule has 0 saturated heterocycles. The van der Waals surface area contributed by atoms with E-state index in [1.165, 1.54) is 5.56 Å². The maximum Gasteiger partial charge on any atom is 0.237 e. The Hall–Kier alpha value is -2.58. The Bertz CT molecular complexity index is 974. The van der Waals surface area contributed by atoms with Gasteiger partial charge in [0.15, 0.2) is 0 Å². The summed E-state index contributed by atoms with van der Waals surface area (Å²) in [6, 6.07) is 11.9. The molecule has 0 unspecified atom stereocenters. The molecule has 0 N–H and O–H groups in total. The number of benzene rings is 1. The van der Waals surface area contributed by atoms with Crippen molar-refractivity contribution >= 4 is 28.0 Å². The molecule has 0 aliphatic rings. The van der Waals surface area contributed by atoms with Gasteiger partial charge in [0.05, 0.1) is 6.21 Å². The van der Waals surface area contributed by atoms with Crippen molar-refractivity contribution in [3.8, 4) is 17.4 Å². The summed E-state index contributed by atoms with van der Waals surface area (Å²) in [5.41, 5.74) is 3.42. The van der Waals surface area contributed by atoms with Crippen molar-refractivity contribution in [3.05, 3.63) is 63.0 Å². The van der Waals surface area contributed by atoms with Crippen LogP contribution in [0, 0.1) is 32.1 Å². The summed E-state index contributed by atoms with van der Waals surface area (Å²) in [6.07, 6.45) is 1.56. The Morgan fingerprint density at radius 2 is 1.92 bits per heavy atom. The van der Waals surface area contributed by atoms with E-state index >= 15 is 0 Å². The fourth-order valence-corrected chi connectivity index (χ4v) is 2.66. The van der Waals surface area contributed by atoms with Crippen LogP contribution in [-0.4, -0.2) is 6.21 Å². The molecule has 0 atom stereocenters. The zero-order chi connectivity index (χ0) is 17.3. The summed E-state index contributed by atoms with van der Waals surface area (Å²) in [4.78, 5) is 4.25. The average molecular weight is 383 g/mol. The number of halogens is 1. The largest absolute Gasteiger partial charge is 0.455 e. The SMILES string of the molecule is Cc1ccc(-c2ccc(C=Nc3oc(C)c(C)c3C#N)o2)cc1Br. The Labute approximate surface area is 148 Å². The molecular weight excluding hydrogens is 368 g/mol. The van der Waals surface area contributed by atoms with Crippen molar-refractivity contribution in [2.45, 2.75) is 20.8 Å². The van der Waals surface area contributed by atoms with E-state index in [0.717, 1.165) is 21.4 Å². The fraction of sp³-hybridized carbons (Fsp3) is 0.158. The molecule has 0 saturated carbocycles. The summed E-state index contributed by atoms with van der Waals surface area (Å²) in [7, 11) is 0. The Morgan fingerprint density at radius 3 is 2.62 bits per heavy atom. The number of aliphatic imine (C=N–C) groups is 1. The molecule has 0 fully saturated rings. The number of hydrogen-bond donors (Lipinski definition) is 0. The number of aryl methyl sites for hydroxylation is 2. The molecule has 4 nitrogen and oxygen atoms in total. The van der Waals surface area contributed by atoms with E-state index in [1.54, 1.807) is 6.21 Å². The number of nitrogens with zero attached hydrogens (tertiary/aromatic N) is 2. The Balaban J connectivity index is 1.88. The van der Waals surface area contributed by atoms with E-state index in [2.05, 4.69) is 27.0 Å². The highest BCUT2D eigenvalue weighted by atomic mass is 79.9. The van der Waals surface area contributed by atoms with Crippen molar-refractivity contribution < 1.29 is 8.83 Å². The van der Waals surface area contributed by atoms with Gasteiger partial charge in [0.1, 0.15) is 28.9 Å². The van der Waals surface area contributed by atoms with Crippen molar-refractivity contribution in [1.82, 2.24) is 0 Å². The van der Waals surface area contributed by atoms with Gasteiger partial charge in [0.25, 0.3) is 0 Å². The van der Waals surface area contributed by atoms with E-state index in [-0.39, 0.29) is 0 Å². The summed E-state index contributed by atoms with van der Waals surface area (Å²) in [5, 5.41) is 9.20. The number of rotatable bonds is 3. The zero-order valence-electron chi connectivity index (χ0n) is 13.6. The van der Waals surface area contributed by atoms with Crippen LogP contribution in [0.2, 0.25) is 0 Å². The minimum atomic E-state index is 0.309. The molecule has 2 heterocycles. The molecule has 0 spiro atoms. The second kappa shape index (κ2) is 6.50. The standard InChI is InChI=1S/C19H15BrN2O2/c1-11-4-5-14(8-17(11)20)18-7-6-15(24-18)10-22-19-16(9-21)12(2)13(3)23-19/h4-8,10H,1-3H3. The molecule has 5 heteroatoms. The average Bonchev–Trinajstić information content (AvgIpc) is 3.13. The van der Waals surface area contributed by atoms with Gasteiger partial charge in [-0.05, 0) is 44.5 Å². The van der Waals surface area contributed by atoms with Crippen LogP contribution in [-0.2, 0) is 0 Å². The van der Waals surface area contributed by atoms with Crippen molar-refractivity contribution in [2.24, 2.45) is 4.99 Å². The maximum absolute atomic E-state index is 9.20. The zero-order valence-corrected chi connectivity index (χ0v) is 15.1. The number of nitriles is 1. The van der Waals surface area contributed by atoms with Crippen LogP contribution in [0.5, 0.6) is 0 Å². The Kier molecular flexibility index (Phi) is 4.41. The van der Waals surface area contributed by atoms with Crippen LogP contribution >= 0.6 is 15.9 Å². The second-order valence-electron chi connectivity index (χ2n) is 5.50. The molecule has 2 aromatic heterocycles. The third-order valence-corrected chi connectivity index (χ3v) is 4.73. The lowest BCUT2D eigenvalue weighted by atomic mass is 10.1. The minimum absolute atomic E-state index is 0.309. The first-order valence-electron chi connectivity index (χ1n) is 7.40. The first-order chi connectivity index (χ1) is 11.5. The first-order valence-corrected chi connectivity index (χ1v) is 8.19. The van der Waals surface area contributed by atoms with Gasteiger partial charge >= 0.3 is 0 Å². The van der Waals surface area contributed by atoms with Crippen LogP contribution in [0.25, 0.3) is 11.3 Å². The van der Waals surface area contributed by atoms with Gasteiger partial charge in [-0.1, -0.05) is 28.1 Å². The molecule has 0 aliphatic heterocycles. The van der Waals surface area contributed by atoms with Gasteiger partial charge < -0.3 is 8.83 Å². The molecule has 3 aromatic rings. The van der Waals surface area contributed by atoms with Crippen molar-refractivity contribution in [3.63, 3.8) is 0 Å². The predicted octanol–water partition coefficient (Wildman–Crippen LogP) is 5.85.